The number of nitrogens with one attached hydrogen (secondary N) is 2. The molecule has 3 aromatic heterocycles. The second-order valence-electron chi connectivity index (χ2n) is 7.50. The van der Waals surface area contributed by atoms with Crippen LogP contribution in [0, 0.1) is 0 Å². The lowest BCUT2D eigenvalue weighted by Crippen LogP contribution is -2.21. The average molecular weight is 576 g/mol. The van der Waals surface area contributed by atoms with Gasteiger partial charge in [-0.3, -0.25) is 9.88 Å². The number of pyridine rings is 2. The van der Waals surface area contributed by atoms with Crippen molar-refractivity contribution < 1.29 is 35.9 Å². The SMILES string of the molecule is O=C(Nc1ccc(Oc2ccc(C(F)(F)F)cn2)c(Cl)c1)Nc1cccn1-c1ncc(C(F)(F)F)cc1Cl. The van der Waals surface area contributed by atoms with Crippen LogP contribution in [0.3, 0.4) is 0 Å². The Kier molecular flexibility index (Phi) is 7.42. The van der Waals surface area contributed by atoms with E-state index in [0.29, 0.717) is 12.4 Å². The lowest BCUT2D eigenvalue weighted by molar-refractivity contribution is -0.138. The number of halogens is 8. The van der Waals surface area contributed by atoms with Crippen molar-refractivity contribution in [1.29, 1.82) is 0 Å². The number of alkyl halides is 6. The molecule has 0 spiro atoms. The molecule has 15 heteroatoms. The number of ether oxygens (including phenoxy) is 1. The number of benzene rings is 1. The summed E-state index contributed by atoms with van der Waals surface area (Å²) in [5.41, 5.74) is -1.74. The van der Waals surface area contributed by atoms with Gasteiger partial charge in [0.25, 0.3) is 0 Å². The Morgan fingerprint density at radius 1 is 0.842 bits per heavy atom. The van der Waals surface area contributed by atoms with E-state index in [1.807, 2.05) is 0 Å². The molecule has 198 valence electrons. The molecule has 0 aliphatic rings. The fraction of sp³-hybridized carbons (Fsp3) is 0.0870. The predicted molar refractivity (Wildman–Crippen MR) is 127 cm³/mol. The molecule has 38 heavy (non-hydrogen) atoms. The first-order valence-corrected chi connectivity index (χ1v) is 11.1. The first-order chi connectivity index (χ1) is 17.8. The number of urea groups is 1. The molecule has 4 rings (SSSR count). The van der Waals surface area contributed by atoms with Crippen LogP contribution in [0.25, 0.3) is 5.82 Å². The molecular formula is C23H13Cl2F6N5O2. The van der Waals surface area contributed by atoms with Crippen LogP contribution in [0.5, 0.6) is 11.6 Å². The molecular weight excluding hydrogens is 563 g/mol. The summed E-state index contributed by atoms with van der Waals surface area (Å²) in [7, 11) is 0. The second-order valence-corrected chi connectivity index (χ2v) is 8.31. The van der Waals surface area contributed by atoms with Crippen molar-refractivity contribution in [2.75, 3.05) is 10.6 Å². The van der Waals surface area contributed by atoms with Gasteiger partial charge in [-0.05, 0) is 42.5 Å². The van der Waals surface area contributed by atoms with E-state index < -0.39 is 29.5 Å². The van der Waals surface area contributed by atoms with E-state index >= 15 is 0 Å². The smallest absolute Gasteiger partial charge is 0.417 e. The number of amides is 2. The van der Waals surface area contributed by atoms with Gasteiger partial charge in [-0.2, -0.15) is 26.3 Å². The van der Waals surface area contributed by atoms with E-state index in [9.17, 15) is 31.1 Å². The Hall–Kier alpha value is -3.97. The lowest BCUT2D eigenvalue weighted by Gasteiger charge is -2.14. The van der Waals surface area contributed by atoms with E-state index in [1.165, 1.54) is 41.1 Å². The van der Waals surface area contributed by atoms with Crippen LogP contribution in [-0.2, 0) is 12.4 Å². The molecule has 2 N–H and O–H groups in total. The number of hydrogen-bond acceptors (Lipinski definition) is 4. The zero-order valence-corrected chi connectivity index (χ0v) is 20.0. The van der Waals surface area contributed by atoms with Gasteiger partial charge >= 0.3 is 18.4 Å². The van der Waals surface area contributed by atoms with Gasteiger partial charge in [0.15, 0.2) is 5.82 Å². The summed E-state index contributed by atoms with van der Waals surface area (Å²) in [6.45, 7) is 0. The quantitative estimate of drug-likeness (QED) is 0.236. The van der Waals surface area contributed by atoms with E-state index in [2.05, 4.69) is 20.6 Å². The Bertz CT molecular complexity index is 1470. The first-order valence-electron chi connectivity index (χ1n) is 10.3. The minimum absolute atomic E-state index is 0.0219. The summed E-state index contributed by atoms with van der Waals surface area (Å²) in [6.07, 6.45) is -6.48. The predicted octanol–water partition coefficient (Wildman–Crippen LogP) is 8.05. The van der Waals surface area contributed by atoms with Gasteiger partial charge in [-0.25, -0.2) is 14.8 Å². The number of nitrogens with zero attached hydrogens (tertiary/aromatic N) is 3. The van der Waals surface area contributed by atoms with Crippen LogP contribution in [0.1, 0.15) is 11.1 Å². The van der Waals surface area contributed by atoms with E-state index in [0.717, 1.165) is 18.2 Å². The molecule has 4 aromatic rings. The van der Waals surface area contributed by atoms with Gasteiger partial charge in [0.1, 0.15) is 11.6 Å². The highest BCUT2D eigenvalue weighted by molar-refractivity contribution is 6.32. The van der Waals surface area contributed by atoms with Gasteiger partial charge in [-0.15, -0.1) is 0 Å². The second kappa shape index (κ2) is 10.4. The minimum Gasteiger partial charge on any atom is -0.437 e. The summed E-state index contributed by atoms with van der Waals surface area (Å²) >= 11 is 12.2. The molecule has 0 unspecified atom stereocenters. The monoisotopic (exact) mass is 575 g/mol. The molecule has 0 fully saturated rings. The molecule has 0 aliphatic heterocycles. The van der Waals surface area contributed by atoms with Crippen LogP contribution in [0.2, 0.25) is 10.0 Å². The minimum atomic E-state index is -4.62. The summed E-state index contributed by atoms with van der Waals surface area (Å²) in [4.78, 5) is 19.9. The van der Waals surface area contributed by atoms with Gasteiger partial charge in [0.2, 0.25) is 5.88 Å². The maximum Gasteiger partial charge on any atom is 0.417 e. The summed E-state index contributed by atoms with van der Waals surface area (Å²) < 4.78 is 83.3. The topological polar surface area (TPSA) is 81.1 Å². The Balaban J connectivity index is 1.43. The molecule has 7 nitrogen and oxygen atoms in total. The Labute approximate surface area is 220 Å². The Morgan fingerprint density at radius 3 is 2.16 bits per heavy atom. The normalized spacial score (nSPS) is 11.8. The summed E-state index contributed by atoms with van der Waals surface area (Å²) in [6, 6.07) is 8.92. The van der Waals surface area contributed by atoms with Crippen molar-refractivity contribution >= 4 is 40.7 Å². The van der Waals surface area contributed by atoms with Crippen LogP contribution < -0.4 is 15.4 Å². The molecule has 1 aromatic carbocycles. The number of aromatic nitrogens is 3. The molecule has 0 radical (unpaired) electrons. The summed E-state index contributed by atoms with van der Waals surface area (Å²) in [5, 5.41) is 4.76. The zero-order valence-electron chi connectivity index (χ0n) is 18.5. The molecule has 3 heterocycles. The van der Waals surface area contributed by atoms with E-state index in [-0.39, 0.29) is 39.0 Å². The van der Waals surface area contributed by atoms with E-state index in [1.54, 1.807) is 0 Å². The van der Waals surface area contributed by atoms with Crippen molar-refractivity contribution in [3.63, 3.8) is 0 Å². The van der Waals surface area contributed by atoms with Gasteiger partial charge in [-0.1, -0.05) is 23.2 Å². The Morgan fingerprint density at radius 2 is 1.55 bits per heavy atom. The average Bonchev–Trinajstić information content (AvgIpc) is 3.27. The lowest BCUT2D eigenvalue weighted by atomic mass is 10.3. The maximum absolute atomic E-state index is 12.9. The molecule has 0 saturated carbocycles. The van der Waals surface area contributed by atoms with Gasteiger partial charge in [0, 0.05) is 30.3 Å². The van der Waals surface area contributed by atoms with Crippen molar-refractivity contribution in [3.05, 3.63) is 88.3 Å². The number of carbonyl (C=O) groups is 1. The molecule has 0 aliphatic carbocycles. The number of anilines is 2. The fourth-order valence-electron chi connectivity index (χ4n) is 3.09. The van der Waals surface area contributed by atoms with Crippen LogP contribution in [0.15, 0.2) is 67.1 Å². The largest absolute Gasteiger partial charge is 0.437 e. The molecule has 0 atom stereocenters. The third-order valence-electron chi connectivity index (χ3n) is 4.84. The standard InChI is InChI=1S/C23H13Cl2F6N5O2/c24-15-9-14(4-5-17(15)38-19-6-3-12(10-32-19)22(26,27)28)34-21(37)35-18-2-1-7-36(18)20-16(25)8-13(11-33-20)23(29,30)31/h1-11H,(H2,34,35,37). The highest BCUT2D eigenvalue weighted by Crippen LogP contribution is 2.34. The highest BCUT2D eigenvalue weighted by atomic mass is 35.5. The molecule has 0 bridgehead atoms. The van der Waals surface area contributed by atoms with Crippen LogP contribution in [0.4, 0.5) is 42.6 Å². The van der Waals surface area contributed by atoms with Crippen molar-refractivity contribution in [3.8, 4) is 17.4 Å². The number of rotatable bonds is 5. The van der Waals surface area contributed by atoms with Crippen molar-refractivity contribution in [1.82, 2.24) is 14.5 Å². The summed E-state index contributed by atoms with van der Waals surface area (Å²) in [5.74, 6) is 0.0499. The third kappa shape index (κ3) is 6.29. The first kappa shape index (κ1) is 27.1. The van der Waals surface area contributed by atoms with Crippen LogP contribution in [-0.4, -0.2) is 20.6 Å². The third-order valence-corrected chi connectivity index (χ3v) is 5.41. The number of carbonyl (C=O) groups excluding carboxylic acids is 1. The van der Waals surface area contributed by atoms with Crippen molar-refractivity contribution in [2.24, 2.45) is 0 Å². The van der Waals surface area contributed by atoms with Gasteiger partial charge < -0.3 is 10.1 Å². The zero-order chi connectivity index (χ0) is 27.7. The highest BCUT2D eigenvalue weighted by Gasteiger charge is 2.32. The van der Waals surface area contributed by atoms with Crippen molar-refractivity contribution in [2.45, 2.75) is 12.4 Å². The maximum atomic E-state index is 12.9. The van der Waals surface area contributed by atoms with E-state index in [4.69, 9.17) is 27.9 Å². The molecule has 0 saturated heterocycles. The fourth-order valence-corrected chi connectivity index (χ4v) is 3.57. The number of hydrogen-bond donors (Lipinski definition) is 2. The van der Waals surface area contributed by atoms with Gasteiger partial charge in [0.05, 0.1) is 21.2 Å². The van der Waals surface area contributed by atoms with Crippen LogP contribution >= 0.6 is 23.2 Å². The molecule has 2 amide bonds.